The van der Waals surface area contributed by atoms with E-state index in [1.54, 1.807) is 0 Å². The van der Waals surface area contributed by atoms with Crippen LogP contribution in [0.3, 0.4) is 0 Å². The third kappa shape index (κ3) is 5.71. The van der Waals surface area contributed by atoms with Crippen LogP contribution >= 0.6 is 11.6 Å². The highest BCUT2D eigenvalue weighted by Crippen LogP contribution is 2.24. The summed E-state index contributed by atoms with van der Waals surface area (Å²) in [6.07, 6.45) is 1.65. The van der Waals surface area contributed by atoms with Crippen molar-refractivity contribution in [1.29, 1.82) is 0 Å². The molecule has 0 aliphatic carbocycles. The van der Waals surface area contributed by atoms with Crippen molar-refractivity contribution >= 4 is 11.6 Å². The Labute approximate surface area is 114 Å². The van der Waals surface area contributed by atoms with Gasteiger partial charge in [0.25, 0.3) is 0 Å². The summed E-state index contributed by atoms with van der Waals surface area (Å²) in [4.78, 5) is 0. The molecule has 4 heteroatoms. The van der Waals surface area contributed by atoms with Crippen molar-refractivity contribution in [2.45, 2.75) is 32.7 Å². The van der Waals surface area contributed by atoms with E-state index in [1.807, 2.05) is 32.0 Å². The molecule has 2 N–H and O–H groups in total. The normalized spacial score (nSPS) is 12.4. The average molecular weight is 272 g/mol. The number of halogens is 1. The van der Waals surface area contributed by atoms with Crippen molar-refractivity contribution < 1.29 is 9.47 Å². The van der Waals surface area contributed by atoms with Crippen molar-refractivity contribution in [3.63, 3.8) is 0 Å². The van der Waals surface area contributed by atoms with Gasteiger partial charge in [0.05, 0.1) is 6.61 Å². The van der Waals surface area contributed by atoms with Crippen LogP contribution in [0.15, 0.2) is 18.2 Å². The standard InChI is InChI=1S/C14H22ClNO2/c1-3-17-7-4-8-18-14-6-5-13(15)10-12(14)9-11(2)16/h5-6,10-11H,3-4,7-9,16H2,1-2H3. The Morgan fingerprint density at radius 2 is 2.11 bits per heavy atom. The zero-order valence-electron chi connectivity index (χ0n) is 11.1. The Kier molecular flexibility index (Phi) is 7.09. The third-order valence-electron chi connectivity index (χ3n) is 2.46. The molecular weight excluding hydrogens is 250 g/mol. The third-order valence-corrected chi connectivity index (χ3v) is 2.69. The highest BCUT2D eigenvalue weighted by molar-refractivity contribution is 6.30. The van der Waals surface area contributed by atoms with E-state index in [2.05, 4.69) is 0 Å². The zero-order valence-corrected chi connectivity index (χ0v) is 11.9. The van der Waals surface area contributed by atoms with E-state index >= 15 is 0 Å². The second-order valence-electron chi connectivity index (χ2n) is 4.33. The average Bonchev–Trinajstić information content (AvgIpc) is 2.30. The van der Waals surface area contributed by atoms with E-state index < -0.39 is 0 Å². The molecule has 0 radical (unpaired) electrons. The predicted octanol–water partition coefficient (Wildman–Crippen LogP) is 3.04. The molecule has 1 unspecified atom stereocenters. The molecule has 1 aromatic carbocycles. The van der Waals surface area contributed by atoms with Gasteiger partial charge in [0.15, 0.2) is 0 Å². The highest BCUT2D eigenvalue weighted by atomic mass is 35.5. The molecule has 102 valence electrons. The van der Waals surface area contributed by atoms with Gasteiger partial charge in [-0.1, -0.05) is 11.6 Å². The Hall–Kier alpha value is -0.770. The summed E-state index contributed by atoms with van der Waals surface area (Å²) < 4.78 is 11.0. The van der Waals surface area contributed by atoms with Crippen LogP contribution < -0.4 is 10.5 Å². The Bertz CT molecular complexity index is 356. The number of benzene rings is 1. The van der Waals surface area contributed by atoms with Gasteiger partial charge in [-0.05, 0) is 44.0 Å². The first-order chi connectivity index (χ1) is 8.63. The summed E-state index contributed by atoms with van der Waals surface area (Å²) in [5.74, 6) is 0.869. The van der Waals surface area contributed by atoms with Crippen LogP contribution in [0.2, 0.25) is 5.02 Å². The minimum atomic E-state index is 0.0919. The molecule has 1 aromatic rings. The molecule has 1 rings (SSSR count). The van der Waals surface area contributed by atoms with Crippen molar-refractivity contribution in [1.82, 2.24) is 0 Å². The lowest BCUT2D eigenvalue weighted by molar-refractivity contribution is 0.130. The number of hydrogen-bond donors (Lipinski definition) is 1. The minimum Gasteiger partial charge on any atom is -0.493 e. The van der Waals surface area contributed by atoms with Gasteiger partial charge in [0.1, 0.15) is 5.75 Å². The summed E-state index contributed by atoms with van der Waals surface area (Å²) in [6.45, 7) is 6.08. The Morgan fingerprint density at radius 1 is 1.33 bits per heavy atom. The maximum atomic E-state index is 5.99. The van der Waals surface area contributed by atoms with Gasteiger partial charge in [0.2, 0.25) is 0 Å². The first kappa shape index (κ1) is 15.3. The SMILES string of the molecule is CCOCCCOc1ccc(Cl)cc1CC(C)N. The first-order valence-electron chi connectivity index (χ1n) is 6.38. The van der Waals surface area contributed by atoms with Crippen LogP contribution in [0.1, 0.15) is 25.8 Å². The van der Waals surface area contributed by atoms with E-state index in [9.17, 15) is 0 Å². The molecule has 0 aromatic heterocycles. The lowest BCUT2D eigenvalue weighted by atomic mass is 10.1. The van der Waals surface area contributed by atoms with Gasteiger partial charge < -0.3 is 15.2 Å². The van der Waals surface area contributed by atoms with Crippen LogP contribution in [0.4, 0.5) is 0 Å². The molecule has 0 saturated heterocycles. The second-order valence-corrected chi connectivity index (χ2v) is 4.77. The van der Waals surface area contributed by atoms with Crippen LogP contribution in [0, 0.1) is 0 Å². The van der Waals surface area contributed by atoms with Crippen molar-refractivity contribution in [2.75, 3.05) is 19.8 Å². The molecule has 0 aliphatic rings. The quantitative estimate of drug-likeness (QED) is 0.739. The van der Waals surface area contributed by atoms with Crippen molar-refractivity contribution in [3.05, 3.63) is 28.8 Å². The van der Waals surface area contributed by atoms with Crippen LogP contribution in [0.25, 0.3) is 0 Å². The molecule has 0 amide bonds. The molecule has 0 saturated carbocycles. The smallest absolute Gasteiger partial charge is 0.122 e. The summed E-state index contributed by atoms with van der Waals surface area (Å²) in [5, 5.41) is 0.715. The van der Waals surface area contributed by atoms with E-state index in [-0.39, 0.29) is 6.04 Å². The Balaban J connectivity index is 2.52. The van der Waals surface area contributed by atoms with Gasteiger partial charge in [-0.3, -0.25) is 0 Å². The maximum Gasteiger partial charge on any atom is 0.122 e. The number of rotatable bonds is 8. The van der Waals surface area contributed by atoms with E-state index in [1.165, 1.54) is 0 Å². The largest absolute Gasteiger partial charge is 0.493 e. The lowest BCUT2D eigenvalue weighted by Gasteiger charge is -2.13. The summed E-state index contributed by atoms with van der Waals surface area (Å²) in [7, 11) is 0. The van der Waals surface area contributed by atoms with E-state index in [0.717, 1.165) is 37.4 Å². The molecule has 1 atom stereocenters. The number of ether oxygens (including phenoxy) is 2. The molecular formula is C14H22ClNO2. The topological polar surface area (TPSA) is 44.5 Å². The van der Waals surface area contributed by atoms with Gasteiger partial charge in [-0.2, -0.15) is 0 Å². The second kappa shape index (κ2) is 8.35. The lowest BCUT2D eigenvalue weighted by Crippen LogP contribution is -2.18. The minimum absolute atomic E-state index is 0.0919. The predicted molar refractivity (Wildman–Crippen MR) is 75.4 cm³/mol. The summed E-state index contributed by atoms with van der Waals surface area (Å²) in [5.41, 5.74) is 6.88. The van der Waals surface area contributed by atoms with Gasteiger partial charge in [-0.15, -0.1) is 0 Å². The molecule has 0 spiro atoms. The molecule has 0 fully saturated rings. The molecule has 0 heterocycles. The van der Waals surface area contributed by atoms with Crippen LogP contribution in [-0.2, 0) is 11.2 Å². The van der Waals surface area contributed by atoms with Crippen molar-refractivity contribution in [3.8, 4) is 5.75 Å². The summed E-state index contributed by atoms with van der Waals surface area (Å²) >= 11 is 5.99. The Morgan fingerprint density at radius 3 is 2.78 bits per heavy atom. The molecule has 3 nitrogen and oxygen atoms in total. The van der Waals surface area contributed by atoms with Gasteiger partial charge in [-0.25, -0.2) is 0 Å². The van der Waals surface area contributed by atoms with Crippen molar-refractivity contribution in [2.24, 2.45) is 5.73 Å². The highest BCUT2D eigenvalue weighted by Gasteiger charge is 2.07. The number of hydrogen-bond acceptors (Lipinski definition) is 3. The van der Waals surface area contributed by atoms with Crippen LogP contribution in [-0.4, -0.2) is 25.9 Å². The zero-order chi connectivity index (χ0) is 13.4. The van der Waals surface area contributed by atoms with E-state index in [0.29, 0.717) is 11.6 Å². The molecule has 0 aliphatic heterocycles. The fraction of sp³-hybridized carbons (Fsp3) is 0.571. The fourth-order valence-corrected chi connectivity index (χ4v) is 1.88. The van der Waals surface area contributed by atoms with Gasteiger partial charge in [0, 0.05) is 30.7 Å². The summed E-state index contributed by atoms with van der Waals surface area (Å²) in [6, 6.07) is 5.75. The monoisotopic (exact) mass is 271 g/mol. The molecule has 0 bridgehead atoms. The fourth-order valence-electron chi connectivity index (χ4n) is 1.68. The maximum absolute atomic E-state index is 5.99. The van der Waals surface area contributed by atoms with Crippen LogP contribution in [0.5, 0.6) is 5.75 Å². The molecule has 18 heavy (non-hydrogen) atoms. The first-order valence-corrected chi connectivity index (χ1v) is 6.75. The van der Waals surface area contributed by atoms with E-state index in [4.69, 9.17) is 26.8 Å². The number of nitrogens with two attached hydrogens (primary N) is 1. The van der Waals surface area contributed by atoms with Gasteiger partial charge >= 0.3 is 0 Å².